The van der Waals surface area contributed by atoms with E-state index in [0.717, 1.165) is 25.0 Å². The minimum Gasteiger partial charge on any atom is -0.480 e. The van der Waals surface area contributed by atoms with Crippen molar-refractivity contribution in [3.8, 4) is 0 Å². The van der Waals surface area contributed by atoms with Gasteiger partial charge in [0.1, 0.15) is 11.1 Å². The Morgan fingerprint density at radius 1 is 1.32 bits per heavy atom. The fraction of sp³-hybridized carbons (Fsp3) is 0.467. The number of hydrogen-bond acceptors (Lipinski definition) is 4. The van der Waals surface area contributed by atoms with Crippen molar-refractivity contribution < 1.29 is 14.7 Å². The van der Waals surface area contributed by atoms with Gasteiger partial charge in [0.2, 0.25) is 0 Å². The Balaban J connectivity index is 1.92. The van der Waals surface area contributed by atoms with Crippen molar-refractivity contribution in [1.82, 2.24) is 19.9 Å². The summed E-state index contributed by atoms with van der Waals surface area (Å²) >= 11 is 0. The maximum atomic E-state index is 12.5. The molecule has 3 rings (SSSR count). The molecule has 1 aliphatic rings. The van der Waals surface area contributed by atoms with Crippen LogP contribution in [0.3, 0.4) is 0 Å². The van der Waals surface area contributed by atoms with Crippen molar-refractivity contribution in [2.24, 2.45) is 0 Å². The lowest BCUT2D eigenvalue weighted by atomic mass is 9.81. The molecule has 1 saturated carbocycles. The van der Waals surface area contributed by atoms with Crippen molar-refractivity contribution in [1.29, 1.82) is 0 Å². The van der Waals surface area contributed by atoms with Gasteiger partial charge in [0.05, 0.1) is 6.20 Å². The molecular formula is C15H18N4O3. The summed E-state index contributed by atoms with van der Waals surface area (Å²) in [6.45, 7) is 1.83. The first-order chi connectivity index (χ1) is 10.5. The van der Waals surface area contributed by atoms with Gasteiger partial charge in [0, 0.05) is 11.9 Å². The van der Waals surface area contributed by atoms with Gasteiger partial charge in [-0.3, -0.25) is 4.79 Å². The number of carbonyl (C=O) groups is 2. The van der Waals surface area contributed by atoms with Crippen molar-refractivity contribution in [3.05, 3.63) is 29.7 Å². The van der Waals surface area contributed by atoms with Crippen LogP contribution < -0.4 is 5.32 Å². The molecule has 7 nitrogen and oxygen atoms in total. The van der Waals surface area contributed by atoms with E-state index < -0.39 is 17.4 Å². The molecule has 0 bridgehead atoms. The average Bonchev–Trinajstić information content (AvgIpc) is 2.91. The lowest BCUT2D eigenvalue weighted by Gasteiger charge is -2.33. The van der Waals surface area contributed by atoms with Crippen LogP contribution in [0.5, 0.6) is 0 Å². The van der Waals surface area contributed by atoms with Crippen molar-refractivity contribution in [3.63, 3.8) is 0 Å². The van der Waals surface area contributed by atoms with E-state index in [4.69, 9.17) is 0 Å². The molecule has 116 valence electrons. The second-order valence-corrected chi connectivity index (χ2v) is 5.80. The number of carboxylic acid groups (broad SMARTS) is 1. The third-order valence-corrected chi connectivity index (χ3v) is 4.22. The Labute approximate surface area is 127 Å². The van der Waals surface area contributed by atoms with E-state index in [2.05, 4.69) is 15.4 Å². The van der Waals surface area contributed by atoms with E-state index in [1.807, 2.05) is 6.92 Å². The van der Waals surface area contributed by atoms with Crippen LogP contribution in [0, 0.1) is 6.92 Å². The summed E-state index contributed by atoms with van der Waals surface area (Å²) in [7, 11) is 0. The molecule has 2 aromatic heterocycles. The summed E-state index contributed by atoms with van der Waals surface area (Å²) in [6, 6.07) is 1.79. The highest BCUT2D eigenvalue weighted by molar-refractivity contribution is 6.02. The van der Waals surface area contributed by atoms with E-state index in [0.29, 0.717) is 24.1 Å². The van der Waals surface area contributed by atoms with Crippen LogP contribution >= 0.6 is 0 Å². The zero-order chi connectivity index (χ0) is 15.7. The second kappa shape index (κ2) is 5.40. The predicted octanol–water partition coefficient (Wildman–Crippen LogP) is 1.56. The number of aliphatic carboxylic acids is 1. The molecule has 1 amide bonds. The number of nitrogens with zero attached hydrogens (tertiary/aromatic N) is 3. The minimum absolute atomic E-state index is 0.301. The number of carbonyl (C=O) groups excluding carboxylic acids is 1. The quantitative estimate of drug-likeness (QED) is 0.896. The lowest BCUT2D eigenvalue weighted by Crippen LogP contribution is -2.55. The van der Waals surface area contributed by atoms with Gasteiger partial charge in [-0.1, -0.05) is 19.3 Å². The van der Waals surface area contributed by atoms with Gasteiger partial charge in [-0.2, -0.15) is 5.10 Å². The second-order valence-electron chi connectivity index (χ2n) is 5.80. The fourth-order valence-corrected chi connectivity index (χ4v) is 2.95. The van der Waals surface area contributed by atoms with Crippen LogP contribution in [0.25, 0.3) is 5.65 Å². The van der Waals surface area contributed by atoms with Crippen molar-refractivity contribution in [2.75, 3.05) is 0 Å². The number of carboxylic acids is 1. The van der Waals surface area contributed by atoms with Gasteiger partial charge in [-0.25, -0.2) is 14.3 Å². The number of fused-ring (bicyclic) bond motifs is 1. The minimum atomic E-state index is -1.17. The van der Waals surface area contributed by atoms with Crippen LogP contribution in [0.15, 0.2) is 18.5 Å². The predicted molar refractivity (Wildman–Crippen MR) is 78.6 cm³/mol. The number of amides is 1. The van der Waals surface area contributed by atoms with E-state index in [-0.39, 0.29) is 0 Å². The molecule has 0 saturated heterocycles. The first kappa shape index (κ1) is 14.5. The maximum Gasteiger partial charge on any atom is 0.329 e. The molecule has 0 spiro atoms. The van der Waals surface area contributed by atoms with Gasteiger partial charge >= 0.3 is 5.97 Å². The van der Waals surface area contributed by atoms with E-state index in [9.17, 15) is 14.7 Å². The number of hydrogen-bond donors (Lipinski definition) is 2. The normalized spacial score (nSPS) is 17.3. The molecule has 1 fully saturated rings. The molecule has 0 aromatic carbocycles. The highest BCUT2D eigenvalue weighted by Crippen LogP contribution is 2.29. The van der Waals surface area contributed by atoms with E-state index in [1.165, 1.54) is 10.7 Å². The molecule has 22 heavy (non-hydrogen) atoms. The number of aromatic nitrogens is 3. The van der Waals surface area contributed by atoms with Gasteiger partial charge < -0.3 is 10.4 Å². The van der Waals surface area contributed by atoms with E-state index >= 15 is 0 Å². The maximum absolute atomic E-state index is 12.5. The van der Waals surface area contributed by atoms with Crippen LogP contribution in [-0.4, -0.2) is 37.1 Å². The summed E-state index contributed by atoms with van der Waals surface area (Å²) in [6.07, 6.45) is 6.68. The van der Waals surface area contributed by atoms with Crippen molar-refractivity contribution in [2.45, 2.75) is 44.6 Å². The molecule has 7 heteroatoms. The third-order valence-electron chi connectivity index (χ3n) is 4.22. The molecule has 0 atom stereocenters. The largest absolute Gasteiger partial charge is 0.480 e. The van der Waals surface area contributed by atoms with Crippen LogP contribution in [-0.2, 0) is 4.79 Å². The monoisotopic (exact) mass is 302 g/mol. The highest BCUT2D eigenvalue weighted by atomic mass is 16.4. The van der Waals surface area contributed by atoms with Crippen LogP contribution in [0.1, 0.15) is 48.2 Å². The van der Waals surface area contributed by atoms with Gasteiger partial charge in [0.25, 0.3) is 5.91 Å². The highest BCUT2D eigenvalue weighted by Gasteiger charge is 2.41. The van der Waals surface area contributed by atoms with Crippen LogP contribution in [0.4, 0.5) is 0 Å². The Morgan fingerprint density at radius 2 is 2.05 bits per heavy atom. The third kappa shape index (κ3) is 2.43. The topological polar surface area (TPSA) is 96.6 Å². The first-order valence-electron chi connectivity index (χ1n) is 7.39. The molecule has 0 radical (unpaired) electrons. The zero-order valence-corrected chi connectivity index (χ0v) is 12.4. The summed E-state index contributed by atoms with van der Waals surface area (Å²) in [5.41, 5.74) is 0.337. The van der Waals surface area contributed by atoms with Crippen LogP contribution in [0.2, 0.25) is 0 Å². The molecule has 2 aromatic rings. The Hall–Kier alpha value is -2.44. The molecule has 2 heterocycles. The van der Waals surface area contributed by atoms with Gasteiger partial charge in [0.15, 0.2) is 5.65 Å². The SMILES string of the molecule is Cc1ccn2ncc(C(=O)NC3(C(=O)O)CCCCC3)c2n1. The Kier molecular flexibility index (Phi) is 3.56. The molecular weight excluding hydrogens is 284 g/mol. The summed E-state index contributed by atoms with van der Waals surface area (Å²) in [5, 5.41) is 16.3. The molecule has 1 aliphatic carbocycles. The lowest BCUT2D eigenvalue weighted by molar-refractivity contribution is -0.145. The Bertz CT molecular complexity index is 731. The van der Waals surface area contributed by atoms with Gasteiger partial charge in [-0.15, -0.1) is 0 Å². The molecule has 0 aliphatic heterocycles. The zero-order valence-electron chi connectivity index (χ0n) is 12.4. The summed E-state index contributed by atoms with van der Waals surface area (Å²) < 4.78 is 1.51. The van der Waals surface area contributed by atoms with Crippen molar-refractivity contribution >= 4 is 17.5 Å². The average molecular weight is 302 g/mol. The number of nitrogens with one attached hydrogen (secondary N) is 1. The van der Waals surface area contributed by atoms with E-state index in [1.54, 1.807) is 12.3 Å². The number of aryl methyl sites for hydroxylation is 1. The number of rotatable bonds is 3. The summed E-state index contributed by atoms with van der Waals surface area (Å²) in [4.78, 5) is 28.5. The Morgan fingerprint density at radius 3 is 2.73 bits per heavy atom. The molecule has 0 unspecified atom stereocenters. The van der Waals surface area contributed by atoms with Gasteiger partial charge in [-0.05, 0) is 25.8 Å². The fourth-order valence-electron chi connectivity index (χ4n) is 2.95. The standard InChI is InChI=1S/C15H18N4O3/c1-10-5-8-19-12(17-10)11(9-16-19)13(20)18-15(14(21)22)6-3-2-4-7-15/h5,8-9H,2-4,6-7H2,1H3,(H,18,20)(H,21,22). The first-order valence-corrected chi connectivity index (χ1v) is 7.39. The molecule has 2 N–H and O–H groups in total. The summed E-state index contributed by atoms with van der Waals surface area (Å²) in [5.74, 6) is -1.40. The smallest absolute Gasteiger partial charge is 0.329 e.